The summed E-state index contributed by atoms with van der Waals surface area (Å²) >= 11 is 0. The van der Waals surface area contributed by atoms with E-state index in [9.17, 15) is 9.59 Å². The number of rotatable bonds is 7. The van der Waals surface area contributed by atoms with Gasteiger partial charge < -0.3 is 19.2 Å². The molecule has 1 saturated carbocycles. The molecule has 202 valence electrons. The van der Waals surface area contributed by atoms with Gasteiger partial charge in [0, 0.05) is 0 Å². The quantitative estimate of drug-likeness (QED) is 0.398. The van der Waals surface area contributed by atoms with E-state index in [2.05, 4.69) is 74.6 Å². The number of benzene rings is 2. The Morgan fingerprint density at radius 2 is 1.43 bits per heavy atom. The van der Waals surface area contributed by atoms with E-state index < -0.39 is 20.0 Å². The molecular weight excluding hydrogens is 482 g/mol. The number of amides is 1. The normalized spacial score (nSPS) is 20.7. The second-order valence-electron chi connectivity index (χ2n) is 11.8. The number of nitrogens with one attached hydrogen (secondary N) is 1. The van der Waals surface area contributed by atoms with E-state index in [1.54, 1.807) is 0 Å². The largest absolute Gasteiger partial charge is 0.466 e. The molecule has 3 atom stereocenters. The van der Waals surface area contributed by atoms with Gasteiger partial charge in [-0.2, -0.15) is 0 Å². The minimum atomic E-state index is -2.85. The van der Waals surface area contributed by atoms with Gasteiger partial charge in [0.2, 0.25) is 0 Å². The van der Waals surface area contributed by atoms with E-state index in [0.29, 0.717) is 25.9 Å². The van der Waals surface area contributed by atoms with E-state index in [-0.39, 0.29) is 29.1 Å². The molecule has 0 aliphatic heterocycles. The summed E-state index contributed by atoms with van der Waals surface area (Å²) in [6.07, 6.45) is 0.936. The van der Waals surface area contributed by atoms with Gasteiger partial charge >= 0.3 is 12.1 Å². The second-order valence-corrected chi connectivity index (χ2v) is 16.1. The van der Waals surface area contributed by atoms with E-state index >= 15 is 0 Å². The standard InChI is InChI=1S/C30H43NO5Si/c1-8-34-27(32)22-19-20-26(25(21-22)31-28(33)35-29(2,3)4)36-37(30(5,6)7,23-15-11-9-12-16-23)24-17-13-10-14-18-24/h9-18,22,25-26H,8,19-21H2,1-7H3,(H,31,33)/t22-,25+,26+/m1/s1. The van der Waals surface area contributed by atoms with Crippen LogP contribution in [-0.2, 0) is 18.7 Å². The molecule has 1 aliphatic carbocycles. The van der Waals surface area contributed by atoms with Crippen LogP contribution in [0, 0.1) is 5.92 Å². The topological polar surface area (TPSA) is 73.9 Å². The maximum absolute atomic E-state index is 12.9. The van der Waals surface area contributed by atoms with Crippen LogP contribution in [0.25, 0.3) is 0 Å². The van der Waals surface area contributed by atoms with Crippen molar-refractivity contribution in [1.82, 2.24) is 5.32 Å². The maximum Gasteiger partial charge on any atom is 0.407 e. The third-order valence-corrected chi connectivity index (χ3v) is 11.9. The Bertz CT molecular complexity index is 990. The van der Waals surface area contributed by atoms with Gasteiger partial charge in [-0.25, -0.2) is 4.79 Å². The Hall–Kier alpha value is -2.64. The second kappa shape index (κ2) is 11.8. The molecule has 0 saturated heterocycles. The molecule has 0 unspecified atom stereocenters. The van der Waals surface area contributed by atoms with Crippen LogP contribution in [0.5, 0.6) is 0 Å². The van der Waals surface area contributed by atoms with Crippen molar-refractivity contribution in [3.05, 3.63) is 60.7 Å². The highest BCUT2D eigenvalue weighted by atomic mass is 28.4. The predicted octanol–water partition coefficient (Wildman–Crippen LogP) is 5.19. The molecule has 0 spiro atoms. The Labute approximate surface area is 223 Å². The first-order valence-corrected chi connectivity index (χ1v) is 15.2. The molecule has 1 amide bonds. The fourth-order valence-electron chi connectivity index (χ4n) is 5.29. The fraction of sp³-hybridized carbons (Fsp3) is 0.533. The van der Waals surface area contributed by atoms with Gasteiger partial charge in [-0.1, -0.05) is 81.4 Å². The first-order chi connectivity index (χ1) is 17.4. The van der Waals surface area contributed by atoms with Crippen LogP contribution in [0.2, 0.25) is 5.04 Å². The Morgan fingerprint density at radius 1 is 0.892 bits per heavy atom. The molecule has 6 nitrogen and oxygen atoms in total. The molecule has 0 radical (unpaired) electrons. The molecule has 3 rings (SSSR count). The SMILES string of the molecule is CCOC(=O)[C@@H]1CC[C@H](O[Si](c2ccccc2)(c2ccccc2)C(C)(C)C)[C@@H](NC(=O)OC(C)(C)C)C1. The molecular formula is C30H43NO5Si. The van der Waals surface area contributed by atoms with E-state index in [1.807, 2.05) is 39.8 Å². The maximum atomic E-state index is 12.9. The Balaban J connectivity index is 2.04. The first kappa shape index (κ1) is 28.9. The highest BCUT2D eigenvalue weighted by Gasteiger charge is 2.53. The molecule has 2 aromatic carbocycles. The van der Waals surface area contributed by atoms with Gasteiger partial charge in [-0.15, -0.1) is 0 Å². The third-order valence-electron chi connectivity index (χ3n) is 6.85. The zero-order valence-electron chi connectivity index (χ0n) is 23.4. The van der Waals surface area contributed by atoms with Crippen LogP contribution in [0.3, 0.4) is 0 Å². The molecule has 2 aromatic rings. The minimum absolute atomic E-state index is 0.204. The minimum Gasteiger partial charge on any atom is -0.466 e. The van der Waals surface area contributed by atoms with Crippen LogP contribution in [0.15, 0.2) is 60.7 Å². The monoisotopic (exact) mass is 525 g/mol. The van der Waals surface area contributed by atoms with E-state index in [1.165, 1.54) is 10.4 Å². The number of hydrogen-bond acceptors (Lipinski definition) is 5. The molecule has 1 N–H and O–H groups in total. The average molecular weight is 526 g/mol. The highest BCUT2D eigenvalue weighted by molar-refractivity contribution is 6.99. The van der Waals surface area contributed by atoms with Gasteiger partial charge in [0.1, 0.15) is 5.60 Å². The summed E-state index contributed by atoms with van der Waals surface area (Å²) in [7, 11) is -2.85. The summed E-state index contributed by atoms with van der Waals surface area (Å²) in [5.74, 6) is -0.513. The predicted molar refractivity (Wildman–Crippen MR) is 150 cm³/mol. The lowest BCUT2D eigenvalue weighted by Gasteiger charge is -2.48. The lowest BCUT2D eigenvalue weighted by atomic mass is 9.84. The third kappa shape index (κ3) is 7.02. The summed E-state index contributed by atoms with van der Waals surface area (Å²) in [4.78, 5) is 25.5. The molecule has 0 aromatic heterocycles. The molecule has 1 aliphatic rings. The van der Waals surface area contributed by atoms with Crippen molar-refractivity contribution in [2.24, 2.45) is 5.92 Å². The van der Waals surface area contributed by atoms with Crippen molar-refractivity contribution in [2.75, 3.05) is 6.61 Å². The van der Waals surface area contributed by atoms with Gasteiger partial charge in [0.25, 0.3) is 8.32 Å². The molecule has 1 fully saturated rings. The zero-order valence-corrected chi connectivity index (χ0v) is 24.4. The number of esters is 1. The smallest absolute Gasteiger partial charge is 0.407 e. The van der Waals surface area contributed by atoms with Crippen LogP contribution < -0.4 is 15.7 Å². The van der Waals surface area contributed by atoms with Gasteiger partial charge in [-0.3, -0.25) is 4.79 Å². The summed E-state index contributed by atoms with van der Waals surface area (Å²) < 4.78 is 18.3. The first-order valence-electron chi connectivity index (χ1n) is 13.3. The number of alkyl carbamates (subject to hydrolysis) is 1. The van der Waals surface area contributed by atoms with Gasteiger partial charge in [0.15, 0.2) is 0 Å². The zero-order chi connectivity index (χ0) is 27.3. The molecule has 0 bridgehead atoms. The lowest BCUT2D eigenvalue weighted by Crippen LogP contribution is -2.69. The molecule has 0 heterocycles. The van der Waals surface area contributed by atoms with Crippen molar-refractivity contribution in [1.29, 1.82) is 0 Å². The van der Waals surface area contributed by atoms with Crippen LogP contribution in [0.1, 0.15) is 67.7 Å². The van der Waals surface area contributed by atoms with Gasteiger partial charge in [0.05, 0.1) is 24.7 Å². The number of carbonyl (C=O) groups excluding carboxylic acids is 2. The van der Waals surface area contributed by atoms with Crippen LogP contribution in [0.4, 0.5) is 4.79 Å². The summed E-state index contributed by atoms with van der Waals surface area (Å²) in [5.41, 5.74) is -0.631. The van der Waals surface area contributed by atoms with Crippen molar-refractivity contribution < 1.29 is 23.5 Å². The lowest BCUT2D eigenvalue weighted by molar-refractivity contribution is -0.150. The number of ether oxygens (including phenoxy) is 2. The highest BCUT2D eigenvalue weighted by Crippen LogP contribution is 2.40. The van der Waals surface area contributed by atoms with Crippen molar-refractivity contribution in [2.45, 2.75) is 90.5 Å². The number of hydrogen-bond donors (Lipinski definition) is 1. The van der Waals surface area contributed by atoms with Crippen molar-refractivity contribution in [3.63, 3.8) is 0 Å². The van der Waals surface area contributed by atoms with Gasteiger partial charge in [-0.05, 0) is 62.4 Å². The van der Waals surface area contributed by atoms with Crippen LogP contribution in [-0.4, -0.2) is 44.7 Å². The molecule has 37 heavy (non-hydrogen) atoms. The Kier molecular flexibility index (Phi) is 9.24. The van der Waals surface area contributed by atoms with Crippen molar-refractivity contribution >= 4 is 30.8 Å². The average Bonchev–Trinajstić information content (AvgIpc) is 2.82. The van der Waals surface area contributed by atoms with Crippen LogP contribution >= 0.6 is 0 Å². The van der Waals surface area contributed by atoms with E-state index in [0.717, 1.165) is 0 Å². The fourth-order valence-corrected chi connectivity index (χ4v) is 10.0. The van der Waals surface area contributed by atoms with E-state index in [4.69, 9.17) is 13.9 Å². The summed E-state index contributed by atoms with van der Waals surface area (Å²) in [6, 6.07) is 20.5. The van der Waals surface area contributed by atoms with Crippen molar-refractivity contribution in [3.8, 4) is 0 Å². The summed E-state index contributed by atoms with van der Waals surface area (Å²) in [6.45, 7) is 14.4. The molecule has 7 heteroatoms. The summed E-state index contributed by atoms with van der Waals surface area (Å²) in [5, 5.41) is 5.21. The number of carbonyl (C=O) groups is 2. The Morgan fingerprint density at radius 3 is 1.89 bits per heavy atom.